The zero-order valence-electron chi connectivity index (χ0n) is 52.0. The van der Waals surface area contributed by atoms with E-state index in [2.05, 4.69) is 92.1 Å². The molecule has 0 aromatic rings. The Hall–Kier alpha value is -3.03. The second-order valence-corrected chi connectivity index (χ2v) is 23.2. The topological polar surface area (TPSA) is 307 Å². The molecule has 0 bridgehead atoms. The standard InChI is InChI=1S/C67H115NO18/c1-3-5-7-9-11-13-15-17-19-21-23-24-25-27-28-30-32-34-36-38-40-42-44-51(72)50(68-55(73)45-43-41-39-37-35-33-31-29-26-22-20-18-16-14-12-10-8-6-4-2)49-81-65-61(79)58(76)63(53(47-70)83-65)86-67-62(80)59(77)64(54(48-71)84-67)85-66-60(78)57(75)56(74)52(46-69)82-66/h6,8,12,14,18,20,26-29,34,36,42,44,50-54,56-67,69-72,74-80H,3-5,7,9-11,13,15-17,19,21-25,30-33,35,37-41,43,45-49H2,1-2H3,(H,68,73)/b8-6-,14-12-,20-18-,28-27+,29-26-,36-34+,44-42+. The molecule has 0 aromatic heterocycles. The normalized spacial score (nSPS) is 29.3. The van der Waals surface area contributed by atoms with Gasteiger partial charge in [0.25, 0.3) is 0 Å². The first-order valence-corrected chi connectivity index (χ1v) is 32.8. The highest BCUT2D eigenvalue weighted by atomic mass is 16.8. The molecule has 0 aromatic carbocycles. The first-order valence-electron chi connectivity index (χ1n) is 32.8. The third-order valence-corrected chi connectivity index (χ3v) is 15.9. The van der Waals surface area contributed by atoms with Gasteiger partial charge in [-0.05, 0) is 83.5 Å². The number of unbranched alkanes of at least 4 members (excludes halogenated alkanes) is 20. The zero-order chi connectivity index (χ0) is 62.6. The molecule has 86 heavy (non-hydrogen) atoms. The summed E-state index contributed by atoms with van der Waals surface area (Å²) in [5.74, 6) is -0.307. The highest BCUT2D eigenvalue weighted by Crippen LogP contribution is 2.33. The van der Waals surface area contributed by atoms with Gasteiger partial charge in [-0.25, -0.2) is 0 Å². The van der Waals surface area contributed by atoms with Gasteiger partial charge in [0.15, 0.2) is 18.9 Å². The Bertz CT molecular complexity index is 1890. The predicted octanol–water partition coefficient (Wildman–Crippen LogP) is 7.54. The van der Waals surface area contributed by atoms with E-state index in [-0.39, 0.29) is 18.9 Å². The Balaban J connectivity index is 1.50. The third-order valence-electron chi connectivity index (χ3n) is 15.9. The maximum atomic E-state index is 13.4. The number of hydrogen-bond donors (Lipinski definition) is 12. The summed E-state index contributed by atoms with van der Waals surface area (Å²) in [7, 11) is 0. The van der Waals surface area contributed by atoms with E-state index in [1.54, 1.807) is 6.08 Å². The smallest absolute Gasteiger partial charge is 0.220 e. The Morgan fingerprint density at radius 2 is 0.814 bits per heavy atom. The van der Waals surface area contributed by atoms with E-state index in [0.29, 0.717) is 12.8 Å². The van der Waals surface area contributed by atoms with Crippen molar-refractivity contribution in [3.05, 3.63) is 85.1 Å². The third kappa shape index (κ3) is 31.1. The molecule has 1 amide bonds. The van der Waals surface area contributed by atoms with Crippen molar-refractivity contribution in [1.82, 2.24) is 5.32 Å². The van der Waals surface area contributed by atoms with Crippen LogP contribution in [0.25, 0.3) is 0 Å². The number of allylic oxidation sites excluding steroid dienone is 13. The maximum absolute atomic E-state index is 13.4. The summed E-state index contributed by atoms with van der Waals surface area (Å²) < 4.78 is 34.3. The number of carbonyl (C=O) groups is 1. The molecule has 17 atom stereocenters. The van der Waals surface area contributed by atoms with Crippen molar-refractivity contribution in [2.24, 2.45) is 0 Å². The monoisotopic (exact) mass is 1220 g/mol. The van der Waals surface area contributed by atoms with Gasteiger partial charge < -0.3 is 89.9 Å². The van der Waals surface area contributed by atoms with Crippen LogP contribution in [0, 0.1) is 0 Å². The summed E-state index contributed by atoms with van der Waals surface area (Å²) in [6.07, 6.45) is 34.1. The molecule has 19 nitrogen and oxygen atoms in total. The molecule has 17 unspecified atom stereocenters. The lowest BCUT2D eigenvalue weighted by Crippen LogP contribution is -2.66. The number of nitrogens with one attached hydrogen (secondary N) is 1. The Kier molecular flexibility index (Phi) is 43.8. The van der Waals surface area contributed by atoms with Crippen molar-refractivity contribution in [3.63, 3.8) is 0 Å². The second-order valence-electron chi connectivity index (χ2n) is 23.2. The largest absolute Gasteiger partial charge is 0.394 e. The van der Waals surface area contributed by atoms with Gasteiger partial charge in [0, 0.05) is 6.42 Å². The van der Waals surface area contributed by atoms with E-state index in [4.69, 9.17) is 28.4 Å². The molecule has 3 heterocycles. The maximum Gasteiger partial charge on any atom is 0.220 e. The number of rotatable bonds is 48. The van der Waals surface area contributed by atoms with Gasteiger partial charge in [-0.3, -0.25) is 4.79 Å². The lowest BCUT2D eigenvalue weighted by molar-refractivity contribution is -0.379. The number of amides is 1. The summed E-state index contributed by atoms with van der Waals surface area (Å²) in [4.78, 5) is 13.4. The van der Waals surface area contributed by atoms with E-state index in [0.717, 1.165) is 89.9 Å². The quantitative estimate of drug-likeness (QED) is 0.0207. The van der Waals surface area contributed by atoms with Crippen molar-refractivity contribution in [3.8, 4) is 0 Å². The number of aliphatic hydroxyl groups excluding tert-OH is 11. The molecule has 496 valence electrons. The molecule has 0 aliphatic carbocycles. The Labute approximate surface area is 514 Å². The van der Waals surface area contributed by atoms with Gasteiger partial charge in [-0.15, -0.1) is 0 Å². The summed E-state index contributed by atoms with van der Waals surface area (Å²) in [5, 5.41) is 120. The lowest BCUT2D eigenvalue weighted by atomic mass is 9.96. The van der Waals surface area contributed by atoms with Crippen molar-refractivity contribution >= 4 is 5.91 Å². The SMILES string of the molecule is CC/C=C\C/C=C\C/C=C\C/C=C\CCCCCCCCC(=O)NC(COC1OC(CO)C(OC2OC(CO)C(OC3OC(CO)C(O)C(O)C3O)C(O)C2O)C(O)C1O)C(O)/C=C/CC/C=C/CC/C=C/CCCCCCCCCCCCCC. The molecule has 3 aliphatic rings. The molecule has 0 spiro atoms. The van der Waals surface area contributed by atoms with Crippen LogP contribution in [-0.4, -0.2) is 193 Å². The molecule has 0 radical (unpaired) electrons. The van der Waals surface area contributed by atoms with Crippen molar-refractivity contribution in [1.29, 1.82) is 0 Å². The minimum atomic E-state index is -1.99. The molecule has 0 saturated carbocycles. The van der Waals surface area contributed by atoms with Gasteiger partial charge in [-0.1, -0.05) is 195 Å². The highest BCUT2D eigenvalue weighted by molar-refractivity contribution is 5.76. The average molecular weight is 1220 g/mol. The lowest BCUT2D eigenvalue weighted by Gasteiger charge is -2.48. The molecule has 12 N–H and O–H groups in total. The minimum Gasteiger partial charge on any atom is -0.394 e. The first kappa shape index (κ1) is 77.2. The molecule has 19 heteroatoms. The van der Waals surface area contributed by atoms with Gasteiger partial charge >= 0.3 is 0 Å². The first-order chi connectivity index (χ1) is 41.8. The highest BCUT2D eigenvalue weighted by Gasteiger charge is 2.53. The van der Waals surface area contributed by atoms with Crippen molar-refractivity contribution in [2.45, 2.75) is 304 Å². The zero-order valence-corrected chi connectivity index (χ0v) is 52.0. The predicted molar refractivity (Wildman–Crippen MR) is 332 cm³/mol. The molecular weight excluding hydrogens is 1110 g/mol. The average Bonchev–Trinajstić information content (AvgIpc) is 2.80. The fourth-order valence-corrected chi connectivity index (χ4v) is 10.6. The Morgan fingerprint density at radius 3 is 1.30 bits per heavy atom. The number of hydrogen-bond acceptors (Lipinski definition) is 18. The summed E-state index contributed by atoms with van der Waals surface area (Å²) in [6, 6.07) is -1.01. The van der Waals surface area contributed by atoms with E-state index in [9.17, 15) is 61.0 Å². The molecule has 3 saturated heterocycles. The second kappa shape index (κ2) is 48.8. The van der Waals surface area contributed by atoms with Crippen LogP contribution >= 0.6 is 0 Å². The van der Waals surface area contributed by atoms with Crippen LogP contribution in [0.1, 0.15) is 200 Å². The minimum absolute atomic E-state index is 0.211. The fraction of sp³-hybridized carbons (Fsp3) is 0.776. The molecule has 3 rings (SSSR count). The van der Waals surface area contributed by atoms with E-state index in [1.807, 2.05) is 6.08 Å². The van der Waals surface area contributed by atoms with Crippen molar-refractivity contribution < 1.29 is 89.4 Å². The van der Waals surface area contributed by atoms with Gasteiger partial charge in [0.2, 0.25) is 5.91 Å². The molecular formula is C67H115NO18. The summed E-state index contributed by atoms with van der Waals surface area (Å²) >= 11 is 0. The molecule has 3 fully saturated rings. The van der Waals surface area contributed by atoms with Gasteiger partial charge in [0.05, 0.1) is 38.6 Å². The number of carbonyl (C=O) groups excluding carboxylic acids is 1. The van der Waals surface area contributed by atoms with Crippen LogP contribution in [0.4, 0.5) is 0 Å². The van der Waals surface area contributed by atoms with Crippen LogP contribution in [0.2, 0.25) is 0 Å². The van der Waals surface area contributed by atoms with Crippen molar-refractivity contribution in [2.75, 3.05) is 26.4 Å². The fourth-order valence-electron chi connectivity index (χ4n) is 10.6. The van der Waals surface area contributed by atoms with Crippen LogP contribution in [-0.2, 0) is 33.2 Å². The van der Waals surface area contributed by atoms with Crippen LogP contribution < -0.4 is 5.32 Å². The van der Waals surface area contributed by atoms with Crippen LogP contribution in [0.3, 0.4) is 0 Å². The van der Waals surface area contributed by atoms with E-state index < -0.39 is 124 Å². The number of ether oxygens (including phenoxy) is 6. The van der Waals surface area contributed by atoms with Crippen LogP contribution in [0.5, 0.6) is 0 Å². The Morgan fingerprint density at radius 1 is 0.430 bits per heavy atom. The summed E-state index contributed by atoms with van der Waals surface area (Å²) in [5.41, 5.74) is 0. The van der Waals surface area contributed by atoms with Gasteiger partial charge in [-0.2, -0.15) is 0 Å². The summed E-state index contributed by atoms with van der Waals surface area (Å²) in [6.45, 7) is 1.57. The van der Waals surface area contributed by atoms with Crippen LogP contribution in [0.15, 0.2) is 85.1 Å². The van der Waals surface area contributed by atoms with Gasteiger partial charge in [0.1, 0.15) is 73.2 Å². The van der Waals surface area contributed by atoms with E-state index in [1.165, 1.54) is 77.0 Å². The molecule has 3 aliphatic heterocycles. The number of aliphatic hydroxyl groups is 11. The van der Waals surface area contributed by atoms with E-state index >= 15 is 0 Å².